The van der Waals surface area contributed by atoms with E-state index < -0.39 is 0 Å². The third-order valence-electron chi connectivity index (χ3n) is 9.72. The van der Waals surface area contributed by atoms with Gasteiger partial charge in [0, 0.05) is 61.5 Å². The minimum atomic E-state index is -0.355. The highest BCUT2D eigenvalue weighted by molar-refractivity contribution is 7.13. The number of fused-ring (bicyclic) bond motifs is 4. The number of aromatic nitrogens is 9. The normalized spacial score (nSPS) is 14.3. The lowest BCUT2D eigenvalue weighted by atomic mass is 9.82. The van der Waals surface area contributed by atoms with Crippen LogP contribution < -0.4 is 0 Å². The van der Waals surface area contributed by atoms with Crippen LogP contribution in [0.2, 0.25) is 0 Å². The number of para-hydroxylation sites is 2. The van der Waals surface area contributed by atoms with Crippen molar-refractivity contribution in [3.63, 3.8) is 0 Å². The van der Waals surface area contributed by atoms with Crippen LogP contribution in [-0.4, -0.2) is 45.7 Å². The van der Waals surface area contributed by atoms with Gasteiger partial charge in [-0.2, -0.15) is 0 Å². The molecule has 1 aliphatic rings. The van der Waals surface area contributed by atoms with Crippen LogP contribution in [0, 0.1) is 0 Å². The molecule has 1 unspecified atom stereocenters. The van der Waals surface area contributed by atoms with Gasteiger partial charge in [0.1, 0.15) is 22.6 Å². The van der Waals surface area contributed by atoms with Crippen molar-refractivity contribution in [2.75, 3.05) is 0 Å². The Bertz CT molecular complexity index is 2980. The van der Waals surface area contributed by atoms with Crippen molar-refractivity contribution >= 4 is 55.6 Å². The Morgan fingerprint density at radius 3 is 2.54 bits per heavy atom. The van der Waals surface area contributed by atoms with Crippen molar-refractivity contribution in [3.8, 4) is 32.8 Å². The van der Waals surface area contributed by atoms with E-state index in [1.165, 1.54) is 0 Å². The van der Waals surface area contributed by atoms with Gasteiger partial charge >= 0.3 is 0 Å². The maximum atomic E-state index is 6.28. The van der Waals surface area contributed by atoms with Gasteiger partial charge in [-0.05, 0) is 65.0 Å². The van der Waals surface area contributed by atoms with Crippen LogP contribution in [0.5, 0.6) is 0 Å². The van der Waals surface area contributed by atoms with Crippen molar-refractivity contribution in [3.05, 3.63) is 150 Å². The number of nitrogens with one attached hydrogen (secondary N) is 2. The summed E-state index contributed by atoms with van der Waals surface area (Å²) in [5.74, 6) is 1.12. The molecular weight excluding hydrogens is 671 g/mol. The summed E-state index contributed by atoms with van der Waals surface area (Å²) < 4.78 is 11.9. The van der Waals surface area contributed by atoms with E-state index in [9.17, 15) is 0 Å². The molecule has 1 aliphatic carbocycles. The fourth-order valence-electron chi connectivity index (χ4n) is 7.65. The molecule has 0 bridgehead atoms. The summed E-state index contributed by atoms with van der Waals surface area (Å²) in [6.07, 6.45) is 7.20. The number of furan rings is 1. The summed E-state index contributed by atoms with van der Waals surface area (Å²) in [7, 11) is 0. The van der Waals surface area contributed by atoms with E-state index in [1.54, 1.807) is 23.8 Å². The third kappa shape index (κ3) is 4.21. The molecule has 11 nitrogen and oxygen atoms in total. The maximum absolute atomic E-state index is 6.28. The lowest BCUT2D eigenvalue weighted by Crippen LogP contribution is -2.05. The second-order valence-electron chi connectivity index (χ2n) is 12.5. The quantitative estimate of drug-likeness (QED) is 0.174. The number of rotatable bonds is 6. The van der Waals surface area contributed by atoms with Gasteiger partial charge in [0.05, 0.1) is 40.6 Å². The predicted molar refractivity (Wildman–Crippen MR) is 198 cm³/mol. The molecule has 0 amide bonds. The van der Waals surface area contributed by atoms with E-state index in [-0.39, 0.29) is 5.92 Å². The lowest BCUT2D eigenvalue weighted by molar-refractivity contribution is 0.424. The van der Waals surface area contributed by atoms with E-state index >= 15 is 0 Å². The van der Waals surface area contributed by atoms with Crippen molar-refractivity contribution in [1.82, 2.24) is 45.7 Å². The van der Waals surface area contributed by atoms with Crippen molar-refractivity contribution in [2.24, 2.45) is 0 Å². The number of H-pyrrole nitrogens is 2. The van der Waals surface area contributed by atoms with Crippen molar-refractivity contribution in [1.29, 1.82) is 0 Å². The minimum Gasteiger partial charge on any atom is -0.465 e. The molecular formula is C40H23N9O2S. The molecule has 6 heterocycles. The molecule has 6 aromatic heterocycles. The average molecular weight is 694 g/mol. The first-order valence-corrected chi connectivity index (χ1v) is 17.5. The first kappa shape index (κ1) is 28.8. The number of benzene rings is 4. The van der Waals surface area contributed by atoms with Crippen molar-refractivity contribution < 1.29 is 8.94 Å². The van der Waals surface area contributed by atoms with Gasteiger partial charge in [0.25, 0.3) is 0 Å². The van der Waals surface area contributed by atoms with E-state index in [4.69, 9.17) is 23.9 Å². The number of hydrogen-bond donors (Lipinski definition) is 2. The highest BCUT2D eigenvalue weighted by Crippen LogP contribution is 2.59. The Labute approximate surface area is 297 Å². The molecule has 4 aromatic carbocycles. The molecule has 0 saturated carbocycles. The monoisotopic (exact) mass is 693 g/mol. The summed E-state index contributed by atoms with van der Waals surface area (Å²) in [5.41, 5.74) is 13.5. The SMILES string of the molecule is c1coc(C2=C(c3cccc4onnc34)c3c(cc(-c4cccs4)c(-c4cnc5ccccc5n4)c3-c3cccc4[nH]nnc34)C2c2ncc[nH]2)c1. The summed E-state index contributed by atoms with van der Waals surface area (Å²) in [6.45, 7) is 0. The van der Waals surface area contributed by atoms with E-state index in [2.05, 4.69) is 66.5 Å². The van der Waals surface area contributed by atoms with Gasteiger partial charge in [0.15, 0.2) is 5.58 Å². The third-order valence-corrected chi connectivity index (χ3v) is 10.6. The van der Waals surface area contributed by atoms with Crippen molar-refractivity contribution in [2.45, 2.75) is 5.92 Å². The molecule has 0 radical (unpaired) electrons. The Morgan fingerprint density at radius 2 is 1.67 bits per heavy atom. The zero-order valence-corrected chi connectivity index (χ0v) is 27.8. The summed E-state index contributed by atoms with van der Waals surface area (Å²) in [4.78, 5) is 19.6. The van der Waals surface area contributed by atoms with E-state index in [0.29, 0.717) is 16.9 Å². The highest BCUT2D eigenvalue weighted by Gasteiger charge is 2.42. The molecule has 52 heavy (non-hydrogen) atoms. The summed E-state index contributed by atoms with van der Waals surface area (Å²) in [5, 5.41) is 22.6. The molecule has 0 spiro atoms. The van der Waals surface area contributed by atoms with Gasteiger partial charge < -0.3 is 13.9 Å². The smallest absolute Gasteiger partial charge is 0.188 e. The van der Waals surface area contributed by atoms with Gasteiger partial charge in [-0.15, -0.1) is 21.5 Å². The van der Waals surface area contributed by atoms with Crippen LogP contribution in [0.3, 0.4) is 0 Å². The fourth-order valence-corrected chi connectivity index (χ4v) is 8.40. The number of allylic oxidation sites excluding steroid dienone is 1. The molecule has 0 saturated heterocycles. The zero-order chi connectivity index (χ0) is 34.2. The zero-order valence-electron chi connectivity index (χ0n) is 27.0. The number of thiophene rings is 1. The van der Waals surface area contributed by atoms with Crippen LogP contribution in [0.4, 0.5) is 0 Å². The molecule has 10 aromatic rings. The van der Waals surface area contributed by atoms with Crippen LogP contribution in [0.15, 0.2) is 130 Å². The Morgan fingerprint density at radius 1 is 0.750 bits per heavy atom. The Hall–Kier alpha value is -7.05. The van der Waals surface area contributed by atoms with Crippen LogP contribution in [0.1, 0.15) is 34.2 Å². The fraction of sp³-hybridized carbons (Fsp3) is 0.0250. The minimum absolute atomic E-state index is 0.355. The van der Waals surface area contributed by atoms with Crippen LogP contribution >= 0.6 is 11.3 Å². The molecule has 2 N–H and O–H groups in total. The standard InChI is InChI=1S/C40H23N9O2S/c1-2-10-26-25(9-1)43-20-28(44-26)32-23(31-14-6-18-52-31)19-24-35(33(32)21-7-3-11-27-38(21)46-48-45-27)34(22-8-4-12-30-39(22)47-49-51-30)37(29-13-5-17-50-29)36(24)40-41-15-16-42-40/h1-20,36H,(H,41,42)(H,45,46,48). The molecule has 12 heteroatoms. The first-order valence-electron chi connectivity index (χ1n) is 16.6. The Kier molecular flexibility index (Phi) is 6.21. The maximum Gasteiger partial charge on any atom is 0.188 e. The predicted octanol–water partition coefficient (Wildman–Crippen LogP) is 8.92. The lowest BCUT2D eigenvalue weighted by Gasteiger charge is -2.22. The molecule has 0 aliphatic heterocycles. The van der Waals surface area contributed by atoms with Gasteiger partial charge in [-0.3, -0.25) is 10.1 Å². The summed E-state index contributed by atoms with van der Waals surface area (Å²) >= 11 is 1.67. The molecule has 1 atom stereocenters. The highest BCUT2D eigenvalue weighted by atomic mass is 32.1. The number of hydrogen-bond acceptors (Lipinski definition) is 10. The van der Waals surface area contributed by atoms with Crippen LogP contribution in [-0.2, 0) is 0 Å². The second kappa shape index (κ2) is 11.2. The van der Waals surface area contributed by atoms with E-state index in [1.807, 2.05) is 73.1 Å². The summed E-state index contributed by atoms with van der Waals surface area (Å²) in [6, 6.07) is 30.3. The molecule has 0 fully saturated rings. The number of nitrogens with zero attached hydrogens (tertiary/aromatic N) is 7. The van der Waals surface area contributed by atoms with Crippen LogP contribution in [0.25, 0.3) is 77.1 Å². The van der Waals surface area contributed by atoms with E-state index in [0.717, 1.165) is 88.6 Å². The van der Waals surface area contributed by atoms with Gasteiger partial charge in [0.2, 0.25) is 0 Å². The van der Waals surface area contributed by atoms with Gasteiger partial charge in [-0.1, -0.05) is 47.7 Å². The van der Waals surface area contributed by atoms with Gasteiger partial charge in [-0.25, -0.2) is 9.97 Å². The Balaban J connectivity index is 1.39. The largest absolute Gasteiger partial charge is 0.465 e. The second-order valence-corrected chi connectivity index (χ2v) is 13.4. The molecule has 11 rings (SSSR count). The molecule has 246 valence electrons. The topological polar surface area (TPSA) is 148 Å². The first-order chi connectivity index (χ1) is 25.8. The average Bonchev–Trinajstić information content (AvgIpc) is 4.02. The number of imidazole rings is 1. The number of aromatic amines is 2.